The van der Waals surface area contributed by atoms with Crippen LogP contribution in [0, 0.1) is 6.92 Å². The zero-order valence-electron chi connectivity index (χ0n) is 12.3. The first kappa shape index (κ1) is 15.7. The second kappa shape index (κ2) is 7.29. The largest absolute Gasteiger partial charge is 0.349 e. The van der Waals surface area contributed by atoms with Crippen LogP contribution in [0.1, 0.15) is 44.2 Å². The molecule has 0 atom stereocenters. The number of nitrogens with two attached hydrogens (primary N) is 1. The molecule has 0 saturated carbocycles. The first-order chi connectivity index (χ1) is 9.05. The van der Waals surface area contributed by atoms with Crippen molar-refractivity contribution in [2.75, 3.05) is 6.54 Å². The fraction of sp³-hybridized carbons (Fsp3) is 0.562. The van der Waals surface area contributed by atoms with Crippen molar-refractivity contribution in [1.82, 2.24) is 5.32 Å². The molecule has 0 heterocycles. The van der Waals surface area contributed by atoms with E-state index in [1.807, 2.05) is 6.07 Å². The van der Waals surface area contributed by atoms with Gasteiger partial charge in [0.05, 0.1) is 5.54 Å². The van der Waals surface area contributed by atoms with Gasteiger partial charge in [-0.2, -0.15) is 0 Å². The van der Waals surface area contributed by atoms with E-state index in [-0.39, 0.29) is 11.4 Å². The van der Waals surface area contributed by atoms with Crippen LogP contribution in [0.3, 0.4) is 0 Å². The SMILES string of the molecule is CCC(CC)(CN)NC(=O)CCc1cccc(C)c1. The number of carbonyl (C=O) groups is 1. The van der Waals surface area contributed by atoms with Gasteiger partial charge in [0.2, 0.25) is 5.91 Å². The second-order valence-corrected chi connectivity index (χ2v) is 5.23. The Labute approximate surface area is 116 Å². The number of amides is 1. The number of nitrogens with one attached hydrogen (secondary N) is 1. The Morgan fingerprint density at radius 3 is 2.53 bits per heavy atom. The fourth-order valence-corrected chi connectivity index (χ4v) is 2.25. The van der Waals surface area contributed by atoms with Crippen LogP contribution in [0.15, 0.2) is 24.3 Å². The molecule has 3 N–H and O–H groups in total. The van der Waals surface area contributed by atoms with Gasteiger partial charge in [-0.1, -0.05) is 43.7 Å². The minimum atomic E-state index is -0.232. The molecule has 0 bridgehead atoms. The molecule has 1 aromatic carbocycles. The lowest BCUT2D eigenvalue weighted by Gasteiger charge is -2.31. The molecule has 0 saturated heterocycles. The van der Waals surface area contributed by atoms with Crippen molar-refractivity contribution < 1.29 is 4.79 Å². The Kier molecular flexibility index (Phi) is 6.03. The Bertz CT molecular complexity index is 403. The number of hydrogen-bond donors (Lipinski definition) is 2. The summed E-state index contributed by atoms with van der Waals surface area (Å²) in [7, 11) is 0. The smallest absolute Gasteiger partial charge is 0.220 e. The molecule has 0 aromatic heterocycles. The molecule has 1 rings (SSSR count). The maximum absolute atomic E-state index is 12.0. The summed E-state index contributed by atoms with van der Waals surface area (Å²) in [5, 5.41) is 3.10. The third kappa shape index (κ3) is 4.67. The third-order valence-electron chi connectivity index (χ3n) is 3.87. The van der Waals surface area contributed by atoms with Gasteiger partial charge in [-0.25, -0.2) is 0 Å². The highest BCUT2D eigenvalue weighted by atomic mass is 16.1. The molecule has 0 aliphatic rings. The van der Waals surface area contributed by atoms with E-state index in [1.54, 1.807) is 0 Å². The van der Waals surface area contributed by atoms with Gasteiger partial charge < -0.3 is 11.1 Å². The van der Waals surface area contributed by atoms with Crippen molar-refractivity contribution in [3.63, 3.8) is 0 Å². The number of aryl methyl sites for hydroxylation is 2. The topological polar surface area (TPSA) is 55.1 Å². The molecule has 0 fully saturated rings. The lowest BCUT2D eigenvalue weighted by molar-refractivity contribution is -0.123. The predicted molar refractivity (Wildman–Crippen MR) is 80.0 cm³/mol. The van der Waals surface area contributed by atoms with Gasteiger partial charge in [0.15, 0.2) is 0 Å². The highest BCUT2D eigenvalue weighted by Gasteiger charge is 2.25. The van der Waals surface area contributed by atoms with E-state index in [4.69, 9.17) is 5.73 Å². The van der Waals surface area contributed by atoms with E-state index in [0.29, 0.717) is 13.0 Å². The molecule has 19 heavy (non-hydrogen) atoms. The zero-order valence-corrected chi connectivity index (χ0v) is 12.3. The van der Waals surface area contributed by atoms with Crippen LogP contribution in [0.2, 0.25) is 0 Å². The molecule has 0 aliphatic heterocycles. The lowest BCUT2D eigenvalue weighted by atomic mass is 9.92. The predicted octanol–water partition coefficient (Wildman–Crippen LogP) is 2.56. The van der Waals surface area contributed by atoms with Crippen LogP contribution in [0.25, 0.3) is 0 Å². The maximum Gasteiger partial charge on any atom is 0.220 e. The van der Waals surface area contributed by atoms with Gasteiger partial charge in [0.25, 0.3) is 0 Å². The summed E-state index contributed by atoms with van der Waals surface area (Å²) >= 11 is 0. The number of benzene rings is 1. The summed E-state index contributed by atoms with van der Waals surface area (Å²) < 4.78 is 0. The monoisotopic (exact) mass is 262 g/mol. The average molecular weight is 262 g/mol. The average Bonchev–Trinajstić information content (AvgIpc) is 2.43. The first-order valence-electron chi connectivity index (χ1n) is 7.12. The van der Waals surface area contributed by atoms with Crippen LogP contribution in [0.4, 0.5) is 0 Å². The highest BCUT2D eigenvalue weighted by molar-refractivity contribution is 5.77. The second-order valence-electron chi connectivity index (χ2n) is 5.23. The van der Waals surface area contributed by atoms with Gasteiger partial charge in [0.1, 0.15) is 0 Å². The van der Waals surface area contributed by atoms with Crippen LogP contribution in [-0.4, -0.2) is 18.0 Å². The first-order valence-corrected chi connectivity index (χ1v) is 7.12. The Morgan fingerprint density at radius 1 is 1.32 bits per heavy atom. The van der Waals surface area contributed by atoms with E-state index in [0.717, 1.165) is 19.3 Å². The standard InChI is InChI=1S/C16H26N2O/c1-4-16(5-2,12-17)18-15(19)10-9-14-8-6-7-13(3)11-14/h6-8,11H,4-5,9-10,12,17H2,1-3H3,(H,18,19). The third-order valence-corrected chi connectivity index (χ3v) is 3.87. The van der Waals surface area contributed by atoms with Gasteiger partial charge in [0, 0.05) is 13.0 Å². The van der Waals surface area contributed by atoms with Crippen molar-refractivity contribution in [2.24, 2.45) is 5.73 Å². The van der Waals surface area contributed by atoms with Crippen molar-refractivity contribution in [3.8, 4) is 0 Å². The molecule has 1 aromatic rings. The summed E-state index contributed by atoms with van der Waals surface area (Å²) in [5.41, 5.74) is 8.00. The van der Waals surface area contributed by atoms with Crippen molar-refractivity contribution in [1.29, 1.82) is 0 Å². The minimum Gasteiger partial charge on any atom is -0.349 e. The van der Waals surface area contributed by atoms with E-state index >= 15 is 0 Å². The van der Waals surface area contributed by atoms with Gasteiger partial charge >= 0.3 is 0 Å². The summed E-state index contributed by atoms with van der Waals surface area (Å²) in [6.45, 7) is 6.70. The zero-order chi connectivity index (χ0) is 14.3. The lowest BCUT2D eigenvalue weighted by Crippen LogP contribution is -2.52. The maximum atomic E-state index is 12.0. The van der Waals surface area contributed by atoms with Gasteiger partial charge in [-0.3, -0.25) is 4.79 Å². The highest BCUT2D eigenvalue weighted by Crippen LogP contribution is 2.14. The molecule has 3 heteroatoms. The van der Waals surface area contributed by atoms with Crippen molar-refractivity contribution >= 4 is 5.91 Å². The molecule has 0 spiro atoms. The molecule has 3 nitrogen and oxygen atoms in total. The molecule has 1 amide bonds. The molecule has 0 aliphatic carbocycles. The minimum absolute atomic E-state index is 0.0932. The molecular weight excluding hydrogens is 236 g/mol. The van der Waals surface area contributed by atoms with Crippen molar-refractivity contribution in [2.45, 2.75) is 52.0 Å². The summed E-state index contributed by atoms with van der Waals surface area (Å²) in [6.07, 6.45) is 3.04. The van der Waals surface area contributed by atoms with Gasteiger partial charge in [-0.15, -0.1) is 0 Å². The van der Waals surface area contributed by atoms with E-state index < -0.39 is 0 Å². The van der Waals surface area contributed by atoms with E-state index in [9.17, 15) is 4.79 Å². The van der Waals surface area contributed by atoms with Crippen LogP contribution in [0.5, 0.6) is 0 Å². The molecular formula is C16H26N2O. The van der Waals surface area contributed by atoms with E-state index in [2.05, 4.69) is 44.3 Å². The number of hydrogen-bond acceptors (Lipinski definition) is 2. The number of carbonyl (C=O) groups excluding carboxylic acids is 1. The Balaban J connectivity index is 2.52. The summed E-state index contributed by atoms with van der Waals surface area (Å²) in [5.74, 6) is 0.0932. The molecule has 0 radical (unpaired) electrons. The fourth-order valence-electron chi connectivity index (χ4n) is 2.25. The summed E-state index contributed by atoms with van der Waals surface area (Å²) in [6, 6.07) is 8.29. The van der Waals surface area contributed by atoms with Crippen LogP contribution in [-0.2, 0) is 11.2 Å². The quantitative estimate of drug-likeness (QED) is 0.793. The summed E-state index contributed by atoms with van der Waals surface area (Å²) in [4.78, 5) is 12.0. The van der Waals surface area contributed by atoms with Crippen LogP contribution < -0.4 is 11.1 Å². The van der Waals surface area contributed by atoms with Crippen LogP contribution >= 0.6 is 0 Å². The number of rotatable bonds is 7. The van der Waals surface area contributed by atoms with Crippen molar-refractivity contribution in [3.05, 3.63) is 35.4 Å². The van der Waals surface area contributed by atoms with Gasteiger partial charge in [-0.05, 0) is 31.7 Å². The normalized spacial score (nSPS) is 11.4. The Morgan fingerprint density at radius 2 is 2.00 bits per heavy atom. The molecule has 106 valence electrons. The molecule has 0 unspecified atom stereocenters. The van der Waals surface area contributed by atoms with E-state index in [1.165, 1.54) is 11.1 Å². The Hall–Kier alpha value is -1.35.